The smallest absolute Gasteiger partial charge is 0.179 e. The normalized spacial score (nSPS) is 20.5. The van der Waals surface area contributed by atoms with Crippen LogP contribution in [0, 0.1) is 13.8 Å². The van der Waals surface area contributed by atoms with Crippen molar-refractivity contribution in [2.24, 2.45) is 4.99 Å². The van der Waals surface area contributed by atoms with Crippen molar-refractivity contribution in [3.05, 3.63) is 53.0 Å². The molecule has 1 atom stereocenters. The number of nitrogens with zero attached hydrogens (tertiary/aromatic N) is 4. The average molecular weight is 382 g/mol. The minimum atomic E-state index is -0.0592. The highest BCUT2D eigenvalue weighted by molar-refractivity contribution is 8.00. The number of aromatic nitrogens is 2. The van der Waals surface area contributed by atoms with Crippen LogP contribution in [0.1, 0.15) is 37.4 Å². The predicted octanol–water partition coefficient (Wildman–Crippen LogP) is 4.71. The van der Waals surface area contributed by atoms with Gasteiger partial charge in [0.05, 0.1) is 0 Å². The maximum absolute atomic E-state index is 4.87. The minimum absolute atomic E-state index is 0.0592. The summed E-state index contributed by atoms with van der Waals surface area (Å²) < 4.78 is 0. The van der Waals surface area contributed by atoms with Crippen LogP contribution in [-0.4, -0.2) is 39.9 Å². The fourth-order valence-electron chi connectivity index (χ4n) is 3.67. The van der Waals surface area contributed by atoms with E-state index in [-0.39, 0.29) is 5.50 Å². The summed E-state index contributed by atoms with van der Waals surface area (Å²) >= 11 is 1.77. The van der Waals surface area contributed by atoms with Gasteiger partial charge in [-0.3, -0.25) is 15.0 Å². The Bertz CT molecular complexity index is 846. The molecule has 1 saturated heterocycles. The number of aromatic amines is 1. The molecule has 1 unspecified atom stereocenters. The Balaban J connectivity index is 1.69. The second kappa shape index (κ2) is 7.80. The molecular weight excluding hydrogens is 354 g/mol. The lowest BCUT2D eigenvalue weighted by Gasteiger charge is -2.41. The summed E-state index contributed by atoms with van der Waals surface area (Å²) in [5, 5.41) is 7.68. The maximum Gasteiger partial charge on any atom is 0.179 e. The molecule has 0 saturated carbocycles. The number of piperidine rings is 1. The van der Waals surface area contributed by atoms with E-state index in [1.165, 1.54) is 41.1 Å². The molecular formula is C21H27N5S. The molecule has 1 aromatic carbocycles. The number of hydrogen-bond acceptors (Lipinski definition) is 5. The van der Waals surface area contributed by atoms with Gasteiger partial charge in [-0.2, -0.15) is 5.10 Å². The molecule has 3 heterocycles. The van der Waals surface area contributed by atoms with E-state index < -0.39 is 0 Å². The fourth-order valence-corrected chi connectivity index (χ4v) is 4.64. The number of H-pyrrole nitrogens is 1. The lowest BCUT2D eigenvalue weighted by atomic mass is 10.1. The van der Waals surface area contributed by atoms with Crippen LogP contribution in [0.4, 0.5) is 5.82 Å². The fraction of sp³-hybridized carbons (Fsp3) is 0.429. The highest BCUT2D eigenvalue weighted by atomic mass is 32.2. The number of aliphatic imine (C=N–C) groups is 1. The number of hydrogen-bond donors (Lipinski definition) is 1. The van der Waals surface area contributed by atoms with Crippen LogP contribution in [0.2, 0.25) is 0 Å². The summed E-state index contributed by atoms with van der Waals surface area (Å²) in [7, 11) is 0. The summed E-state index contributed by atoms with van der Waals surface area (Å²) in [5.41, 5.74) is 3.49. The third kappa shape index (κ3) is 3.90. The highest BCUT2D eigenvalue weighted by Gasteiger charge is 2.32. The lowest BCUT2D eigenvalue weighted by molar-refractivity contribution is 0.274. The predicted molar refractivity (Wildman–Crippen MR) is 113 cm³/mol. The largest absolute Gasteiger partial charge is 0.358 e. The second-order valence-corrected chi connectivity index (χ2v) is 8.50. The van der Waals surface area contributed by atoms with Crippen molar-refractivity contribution >= 4 is 23.8 Å². The summed E-state index contributed by atoms with van der Waals surface area (Å²) in [5.74, 6) is 2.19. The minimum Gasteiger partial charge on any atom is -0.358 e. The number of anilines is 1. The van der Waals surface area contributed by atoms with Gasteiger partial charge in [0.25, 0.3) is 0 Å². The molecule has 4 rings (SSSR count). The first kappa shape index (κ1) is 18.2. The van der Waals surface area contributed by atoms with E-state index in [1.807, 2.05) is 13.1 Å². The van der Waals surface area contributed by atoms with Gasteiger partial charge in [-0.1, -0.05) is 29.5 Å². The first-order valence-electron chi connectivity index (χ1n) is 9.65. The Labute approximate surface area is 165 Å². The monoisotopic (exact) mass is 381 g/mol. The van der Waals surface area contributed by atoms with Crippen LogP contribution in [0.5, 0.6) is 0 Å². The Morgan fingerprint density at radius 1 is 1.04 bits per heavy atom. The van der Waals surface area contributed by atoms with Gasteiger partial charge in [0, 0.05) is 41.5 Å². The van der Waals surface area contributed by atoms with Crippen molar-refractivity contribution in [2.45, 2.75) is 50.4 Å². The highest BCUT2D eigenvalue weighted by Crippen LogP contribution is 2.37. The molecule has 0 amide bonds. The van der Waals surface area contributed by atoms with Gasteiger partial charge in [-0.15, -0.1) is 0 Å². The van der Waals surface area contributed by atoms with Crippen molar-refractivity contribution in [2.75, 3.05) is 18.0 Å². The van der Waals surface area contributed by atoms with E-state index >= 15 is 0 Å². The molecule has 5 nitrogen and oxygen atoms in total. The third-order valence-corrected chi connectivity index (χ3v) is 6.14. The number of likely N-dealkylation sites (tertiary alicyclic amines) is 1. The van der Waals surface area contributed by atoms with Gasteiger partial charge in [-0.05, 0) is 52.2 Å². The summed E-state index contributed by atoms with van der Waals surface area (Å²) in [6.07, 6.45) is 5.85. The molecule has 27 heavy (non-hydrogen) atoms. The lowest BCUT2D eigenvalue weighted by Crippen LogP contribution is -2.45. The van der Waals surface area contributed by atoms with Crippen molar-refractivity contribution < 1.29 is 0 Å². The van der Waals surface area contributed by atoms with Crippen molar-refractivity contribution in [3.63, 3.8) is 0 Å². The number of allylic oxidation sites excluding steroid dienone is 1. The van der Waals surface area contributed by atoms with Gasteiger partial charge in [0.15, 0.2) is 11.3 Å². The van der Waals surface area contributed by atoms with Crippen LogP contribution < -0.4 is 4.90 Å². The number of thioether (sulfide) groups is 1. The molecule has 0 bridgehead atoms. The zero-order valence-corrected chi connectivity index (χ0v) is 17.1. The van der Waals surface area contributed by atoms with Crippen molar-refractivity contribution in [3.8, 4) is 0 Å². The molecule has 2 aliphatic heterocycles. The second-order valence-electron chi connectivity index (χ2n) is 7.37. The van der Waals surface area contributed by atoms with Crippen LogP contribution in [0.15, 0.2) is 51.6 Å². The molecule has 1 N–H and O–H groups in total. The summed E-state index contributed by atoms with van der Waals surface area (Å²) in [4.78, 5) is 10.9. The summed E-state index contributed by atoms with van der Waals surface area (Å²) in [6.45, 7) is 8.52. The number of benzene rings is 1. The molecule has 1 aromatic heterocycles. The zero-order chi connectivity index (χ0) is 18.8. The molecule has 1 fully saturated rings. The number of aryl methyl sites for hydroxylation is 2. The van der Waals surface area contributed by atoms with E-state index in [1.54, 1.807) is 11.8 Å². The number of rotatable bonds is 4. The quantitative estimate of drug-likeness (QED) is 0.833. The standard InChI is InChI=1S/C21H27N5S/c1-15-7-9-18(10-8-15)27-21-22-14-16(2)20(25-11-5-4-6-12-25)26(21)19-13-17(3)23-24-19/h7-10,13-14,21H,4-6,11-12H2,1-3H3,(H,23,24). The zero-order valence-electron chi connectivity index (χ0n) is 16.3. The Morgan fingerprint density at radius 3 is 2.44 bits per heavy atom. The third-order valence-electron chi connectivity index (χ3n) is 5.05. The van der Waals surface area contributed by atoms with Gasteiger partial charge >= 0.3 is 0 Å². The van der Waals surface area contributed by atoms with Gasteiger partial charge < -0.3 is 4.90 Å². The number of nitrogens with one attached hydrogen (secondary N) is 1. The average Bonchev–Trinajstić information content (AvgIpc) is 3.11. The van der Waals surface area contributed by atoms with Gasteiger partial charge in [0.1, 0.15) is 5.82 Å². The van der Waals surface area contributed by atoms with Crippen LogP contribution in [0.3, 0.4) is 0 Å². The molecule has 142 valence electrons. The van der Waals surface area contributed by atoms with Gasteiger partial charge in [0.2, 0.25) is 0 Å². The van der Waals surface area contributed by atoms with E-state index in [9.17, 15) is 0 Å². The topological polar surface area (TPSA) is 47.5 Å². The van der Waals surface area contributed by atoms with Gasteiger partial charge in [-0.25, -0.2) is 0 Å². The van der Waals surface area contributed by atoms with Crippen LogP contribution in [0.25, 0.3) is 0 Å². The Hall–Kier alpha value is -2.21. The maximum atomic E-state index is 4.87. The molecule has 2 aliphatic rings. The molecule has 0 aliphatic carbocycles. The molecule has 0 spiro atoms. The molecule has 6 heteroatoms. The first-order chi connectivity index (χ1) is 13.1. The Kier molecular flexibility index (Phi) is 5.25. The molecule has 0 radical (unpaired) electrons. The molecule has 2 aromatic rings. The van der Waals surface area contributed by atoms with E-state index in [2.05, 4.69) is 64.2 Å². The van der Waals surface area contributed by atoms with Crippen LogP contribution >= 0.6 is 11.8 Å². The Morgan fingerprint density at radius 2 is 1.78 bits per heavy atom. The van der Waals surface area contributed by atoms with E-state index in [0.717, 1.165) is 24.6 Å². The van der Waals surface area contributed by atoms with Crippen LogP contribution in [-0.2, 0) is 0 Å². The van der Waals surface area contributed by atoms with Crippen molar-refractivity contribution in [1.29, 1.82) is 0 Å². The van der Waals surface area contributed by atoms with E-state index in [4.69, 9.17) is 4.99 Å². The summed E-state index contributed by atoms with van der Waals surface area (Å²) in [6, 6.07) is 10.8. The SMILES string of the molecule is CC1=C(N2CCCCC2)N(c2cc(C)[nH]n2)C(Sc2ccc(C)cc2)N=C1. The first-order valence-corrected chi connectivity index (χ1v) is 10.5. The van der Waals surface area contributed by atoms with Crippen molar-refractivity contribution in [1.82, 2.24) is 15.1 Å². The van der Waals surface area contributed by atoms with E-state index in [0.29, 0.717) is 0 Å².